The minimum atomic E-state index is -0.458. The maximum atomic E-state index is 12.3. The van der Waals surface area contributed by atoms with Gasteiger partial charge in [-0.25, -0.2) is 4.79 Å². The number of aryl methyl sites for hydroxylation is 2. The highest BCUT2D eigenvalue weighted by atomic mass is 16.5. The van der Waals surface area contributed by atoms with E-state index in [1.165, 1.54) is 12.6 Å². The third-order valence-electron chi connectivity index (χ3n) is 5.65. The van der Waals surface area contributed by atoms with Crippen LogP contribution in [0.3, 0.4) is 0 Å². The van der Waals surface area contributed by atoms with E-state index >= 15 is 0 Å². The maximum Gasteiger partial charge on any atom is 0.343 e. The van der Waals surface area contributed by atoms with E-state index in [1.807, 2.05) is 56.3 Å². The molecule has 7 nitrogen and oxygen atoms in total. The predicted octanol–water partition coefficient (Wildman–Crippen LogP) is 6.23. The molecule has 0 radical (unpaired) electrons. The average molecular weight is 430 g/mol. The van der Waals surface area contributed by atoms with Gasteiger partial charge in [-0.05, 0) is 80.1 Å². The zero-order valence-electron chi connectivity index (χ0n) is 18.6. The molecule has 2 N–H and O–H groups in total. The highest BCUT2D eigenvalue weighted by Gasteiger charge is 2.28. The summed E-state index contributed by atoms with van der Waals surface area (Å²) in [5.41, 5.74) is 13.9. The van der Waals surface area contributed by atoms with E-state index in [1.54, 1.807) is 0 Å². The summed E-state index contributed by atoms with van der Waals surface area (Å²) in [6, 6.07) is 17.5. The first-order valence-electron chi connectivity index (χ1n) is 10.7. The fourth-order valence-electron chi connectivity index (χ4n) is 3.73. The largest absolute Gasteiger partial charge is 0.489 e. The number of hydrogen-bond donors (Lipinski definition) is 2. The number of nitrogens with zero attached hydrogens (tertiary/aromatic N) is 3. The van der Waals surface area contributed by atoms with Crippen molar-refractivity contribution in [2.45, 2.75) is 39.2 Å². The van der Waals surface area contributed by atoms with Gasteiger partial charge in [-0.15, -0.1) is 0 Å². The zero-order valence-corrected chi connectivity index (χ0v) is 18.6. The summed E-state index contributed by atoms with van der Waals surface area (Å²) in [6.07, 6.45) is 2.28. The van der Waals surface area contributed by atoms with Gasteiger partial charge in [-0.3, -0.25) is 4.98 Å². The normalized spacial score (nSPS) is 12.8. The van der Waals surface area contributed by atoms with Gasteiger partial charge in [0.2, 0.25) is 0 Å². The molecule has 1 aliphatic carbocycles. The molecule has 2 aromatic carbocycles. The molecule has 7 heteroatoms. The number of carbonyl (C=O) groups excluding carboxylic acids is 1. The number of aromatic nitrogens is 1. The van der Waals surface area contributed by atoms with Crippen molar-refractivity contribution in [2.75, 3.05) is 12.4 Å². The molecule has 1 aromatic heterocycles. The number of rotatable bonds is 7. The summed E-state index contributed by atoms with van der Waals surface area (Å²) >= 11 is 0. The number of ether oxygens (including phenoxy) is 1. The predicted molar refractivity (Wildman–Crippen MR) is 124 cm³/mol. The first-order valence-corrected chi connectivity index (χ1v) is 10.7. The van der Waals surface area contributed by atoms with Gasteiger partial charge < -0.3 is 10.1 Å². The van der Waals surface area contributed by atoms with Crippen molar-refractivity contribution in [3.8, 4) is 17.0 Å². The van der Waals surface area contributed by atoms with Crippen LogP contribution in [0.15, 0.2) is 59.8 Å². The summed E-state index contributed by atoms with van der Waals surface area (Å²) in [5.74, 6) is 1.29. The van der Waals surface area contributed by atoms with Crippen LogP contribution in [-0.2, 0) is 6.61 Å². The van der Waals surface area contributed by atoms with Crippen molar-refractivity contribution in [3.05, 3.63) is 77.0 Å². The highest BCUT2D eigenvalue weighted by molar-refractivity contribution is 5.90. The summed E-state index contributed by atoms with van der Waals surface area (Å²) < 4.78 is 6.22. The highest BCUT2D eigenvalue weighted by Crippen LogP contribution is 2.43. The van der Waals surface area contributed by atoms with Crippen molar-refractivity contribution in [1.82, 2.24) is 9.99 Å². The average Bonchev–Trinajstić information content (AvgIpc) is 3.63. The van der Waals surface area contributed by atoms with Crippen LogP contribution in [0, 0.1) is 19.4 Å². The molecular formula is C25H27N5O2. The molecule has 32 heavy (non-hydrogen) atoms. The number of anilines is 1. The third-order valence-corrected chi connectivity index (χ3v) is 5.65. The molecule has 164 valence electrons. The molecule has 0 aliphatic heterocycles. The molecular weight excluding hydrogens is 402 g/mol. The molecule has 4 rings (SSSR count). The van der Waals surface area contributed by atoms with Crippen LogP contribution >= 0.6 is 0 Å². The number of urea groups is 1. The lowest BCUT2D eigenvalue weighted by molar-refractivity contribution is 0.220. The van der Waals surface area contributed by atoms with E-state index in [0.717, 1.165) is 51.7 Å². The SMILES string of the molecule is Cc1cccc(-c2ccc(OCc3c(NC(=O)N(C)N=N)cccc3C3CC3)c(C)c2)n1. The van der Waals surface area contributed by atoms with Crippen LogP contribution in [0.4, 0.5) is 10.5 Å². The summed E-state index contributed by atoms with van der Waals surface area (Å²) in [4.78, 5) is 16.9. The minimum Gasteiger partial charge on any atom is -0.489 e. The quantitative estimate of drug-likeness (QED) is 0.344. The Morgan fingerprint density at radius 1 is 1.19 bits per heavy atom. The third kappa shape index (κ3) is 4.77. The van der Waals surface area contributed by atoms with Gasteiger partial charge in [0.15, 0.2) is 0 Å². The van der Waals surface area contributed by atoms with Crippen LogP contribution in [-0.4, -0.2) is 23.1 Å². The molecule has 1 saturated carbocycles. The fourth-order valence-corrected chi connectivity index (χ4v) is 3.73. The lowest BCUT2D eigenvalue weighted by Gasteiger charge is -2.18. The zero-order chi connectivity index (χ0) is 22.7. The van der Waals surface area contributed by atoms with E-state index < -0.39 is 6.03 Å². The Balaban J connectivity index is 1.56. The molecule has 0 atom stereocenters. The fraction of sp³-hybridized carbons (Fsp3) is 0.280. The van der Waals surface area contributed by atoms with Crippen molar-refractivity contribution < 1.29 is 9.53 Å². The monoisotopic (exact) mass is 429 g/mol. The topological polar surface area (TPSA) is 90.7 Å². The molecule has 0 unspecified atom stereocenters. The van der Waals surface area contributed by atoms with Crippen LogP contribution < -0.4 is 10.1 Å². The van der Waals surface area contributed by atoms with Crippen LogP contribution in [0.1, 0.15) is 41.1 Å². The first-order chi connectivity index (χ1) is 15.5. The Morgan fingerprint density at radius 3 is 2.66 bits per heavy atom. The van der Waals surface area contributed by atoms with Crippen LogP contribution in [0.2, 0.25) is 0 Å². The number of pyridine rings is 1. The standard InChI is InChI=1S/C25H27N5O2/c1-16-14-19(22-8-4-6-17(2)27-22)12-13-24(16)32-15-21-20(18-10-11-18)7-5-9-23(21)28-25(31)30(3)29-26/h4-9,12-14,18,26H,10-11,15H2,1-3H3,(H,28,31). The Bertz CT molecular complexity index is 1160. The molecule has 1 heterocycles. The molecule has 0 saturated heterocycles. The lowest BCUT2D eigenvalue weighted by Crippen LogP contribution is -2.27. The number of amides is 2. The number of hydrogen-bond acceptors (Lipinski definition) is 5. The van der Waals surface area contributed by atoms with E-state index in [9.17, 15) is 4.79 Å². The van der Waals surface area contributed by atoms with Crippen molar-refractivity contribution >= 4 is 11.7 Å². The van der Waals surface area contributed by atoms with Crippen molar-refractivity contribution in [1.29, 1.82) is 5.53 Å². The second-order valence-electron chi connectivity index (χ2n) is 8.13. The smallest absolute Gasteiger partial charge is 0.343 e. The second-order valence-corrected chi connectivity index (χ2v) is 8.13. The van der Waals surface area contributed by atoms with Gasteiger partial charge in [0.25, 0.3) is 0 Å². The van der Waals surface area contributed by atoms with E-state index in [-0.39, 0.29) is 0 Å². The van der Waals surface area contributed by atoms with Crippen molar-refractivity contribution in [2.24, 2.45) is 5.22 Å². The second kappa shape index (κ2) is 9.18. The summed E-state index contributed by atoms with van der Waals surface area (Å²) in [7, 11) is 1.44. The Labute approximate surface area is 187 Å². The summed E-state index contributed by atoms with van der Waals surface area (Å²) in [6.45, 7) is 4.35. The van der Waals surface area contributed by atoms with Gasteiger partial charge in [0.05, 0.1) is 5.69 Å². The maximum absolute atomic E-state index is 12.3. The molecule has 3 aromatic rings. The van der Waals surface area contributed by atoms with Crippen molar-refractivity contribution in [3.63, 3.8) is 0 Å². The number of nitrogens with one attached hydrogen (secondary N) is 2. The van der Waals surface area contributed by atoms with E-state index in [2.05, 4.69) is 27.7 Å². The van der Waals surface area contributed by atoms with E-state index in [4.69, 9.17) is 10.3 Å². The molecule has 0 spiro atoms. The van der Waals surface area contributed by atoms with Crippen LogP contribution in [0.5, 0.6) is 5.75 Å². The van der Waals surface area contributed by atoms with Gasteiger partial charge in [0, 0.05) is 29.6 Å². The molecule has 0 bridgehead atoms. The van der Waals surface area contributed by atoms with Gasteiger partial charge in [0.1, 0.15) is 12.4 Å². The van der Waals surface area contributed by atoms with Gasteiger partial charge in [-0.1, -0.05) is 23.4 Å². The molecule has 1 aliphatic rings. The molecule has 2 amide bonds. The lowest BCUT2D eigenvalue weighted by atomic mass is 10.0. The Kier molecular flexibility index (Phi) is 6.16. The molecule has 1 fully saturated rings. The first kappa shape index (κ1) is 21.5. The van der Waals surface area contributed by atoms with E-state index in [0.29, 0.717) is 18.2 Å². The number of carbonyl (C=O) groups is 1. The minimum absolute atomic E-state index is 0.340. The van der Waals surface area contributed by atoms with Crippen LogP contribution in [0.25, 0.3) is 11.3 Å². The number of benzene rings is 2. The Morgan fingerprint density at radius 2 is 1.97 bits per heavy atom. The van der Waals surface area contributed by atoms with Gasteiger partial charge in [-0.2, -0.15) is 10.5 Å². The Hall–Kier alpha value is -3.74. The van der Waals surface area contributed by atoms with Gasteiger partial charge >= 0.3 is 6.03 Å². The summed E-state index contributed by atoms with van der Waals surface area (Å²) in [5, 5.41) is 6.97.